The largest absolute Gasteiger partial charge is 0.490 e. The van der Waals surface area contributed by atoms with Crippen molar-refractivity contribution in [1.29, 1.82) is 0 Å². The van der Waals surface area contributed by atoms with Crippen LogP contribution in [0.1, 0.15) is 49.0 Å². The summed E-state index contributed by atoms with van der Waals surface area (Å²) in [5.74, 6) is 1.35. The third-order valence-corrected chi connectivity index (χ3v) is 7.57. The average Bonchev–Trinajstić information content (AvgIpc) is 2.84. The molecule has 2 saturated heterocycles. The van der Waals surface area contributed by atoms with Gasteiger partial charge in [-0.2, -0.15) is 0 Å². The van der Waals surface area contributed by atoms with Gasteiger partial charge < -0.3 is 20.3 Å². The first kappa shape index (κ1) is 22.9. The monoisotopic (exact) mass is 480 g/mol. The number of nitrogens with one attached hydrogen (secondary N) is 2. The maximum Gasteiger partial charge on any atom is 0.271 e. The van der Waals surface area contributed by atoms with Gasteiger partial charge in [-0.15, -0.1) is 0 Å². The van der Waals surface area contributed by atoms with E-state index in [1.807, 2.05) is 0 Å². The molecule has 3 heterocycles. The van der Waals surface area contributed by atoms with E-state index in [2.05, 4.69) is 30.3 Å². The highest BCUT2D eigenvalue weighted by Gasteiger charge is 2.44. The Hall–Kier alpha value is -2.89. The molecule has 0 atom stereocenters. The Labute approximate surface area is 204 Å². The van der Waals surface area contributed by atoms with Gasteiger partial charge in [-0.1, -0.05) is 17.7 Å². The van der Waals surface area contributed by atoms with Crippen LogP contribution in [0.5, 0.6) is 5.75 Å². The minimum absolute atomic E-state index is 0.0712. The number of aromatic nitrogens is 2. The molecule has 1 aliphatic carbocycles. The van der Waals surface area contributed by atoms with Crippen LogP contribution in [0.4, 0.5) is 11.5 Å². The van der Waals surface area contributed by atoms with E-state index >= 15 is 0 Å². The van der Waals surface area contributed by atoms with Crippen molar-refractivity contribution in [3.05, 3.63) is 52.7 Å². The van der Waals surface area contributed by atoms with Crippen molar-refractivity contribution in [2.75, 3.05) is 31.1 Å². The molecule has 1 aromatic heterocycles. The van der Waals surface area contributed by atoms with Crippen LogP contribution in [-0.4, -0.2) is 54.2 Å². The highest BCUT2D eigenvalue weighted by Crippen LogP contribution is 2.40. The number of ether oxygens (including phenoxy) is 1. The summed E-state index contributed by atoms with van der Waals surface area (Å²) < 4.78 is 6.04. The number of amides is 1. The smallest absolute Gasteiger partial charge is 0.271 e. The summed E-state index contributed by atoms with van der Waals surface area (Å²) in [6.07, 6.45) is 9.15. The van der Waals surface area contributed by atoms with E-state index < -0.39 is 0 Å². The maximum absolute atomic E-state index is 12.7. The molecule has 2 N–H and O–H groups in total. The second kappa shape index (κ2) is 9.77. The Morgan fingerprint density at radius 3 is 2.59 bits per heavy atom. The molecule has 0 bridgehead atoms. The lowest BCUT2D eigenvalue weighted by Crippen LogP contribution is -2.60. The van der Waals surface area contributed by atoms with Gasteiger partial charge in [-0.3, -0.25) is 4.79 Å². The molecule has 1 saturated carbocycles. The summed E-state index contributed by atoms with van der Waals surface area (Å²) in [4.78, 5) is 27.2. The van der Waals surface area contributed by atoms with Crippen LogP contribution in [-0.2, 0) is 0 Å². The van der Waals surface area contributed by atoms with Crippen LogP contribution in [0.15, 0.2) is 30.6 Å². The van der Waals surface area contributed by atoms with Gasteiger partial charge in [0.2, 0.25) is 5.69 Å². The molecule has 0 unspecified atom stereocenters. The third-order valence-electron chi connectivity index (χ3n) is 7.26. The summed E-state index contributed by atoms with van der Waals surface area (Å²) in [5.41, 5.74) is 1.21. The summed E-state index contributed by atoms with van der Waals surface area (Å²) in [5, 5.41) is 6.92. The highest BCUT2D eigenvalue weighted by atomic mass is 35.5. The molecule has 1 spiro atoms. The summed E-state index contributed by atoms with van der Waals surface area (Å²) >= 11 is 6.10. The number of benzene rings is 1. The van der Waals surface area contributed by atoms with Gasteiger partial charge in [0.05, 0.1) is 30.1 Å². The Morgan fingerprint density at radius 1 is 1.18 bits per heavy atom. The van der Waals surface area contributed by atoms with E-state index in [9.17, 15) is 4.79 Å². The lowest BCUT2D eigenvalue weighted by Gasteiger charge is -2.52. The van der Waals surface area contributed by atoms with E-state index in [0.29, 0.717) is 27.6 Å². The second-order valence-corrected chi connectivity index (χ2v) is 10.1. The number of piperidine rings is 1. The van der Waals surface area contributed by atoms with Gasteiger partial charge in [0, 0.05) is 24.5 Å². The quantitative estimate of drug-likeness (QED) is 0.629. The Bertz CT molecular complexity index is 1060. The Kier molecular flexibility index (Phi) is 6.57. The van der Waals surface area contributed by atoms with Gasteiger partial charge in [0.25, 0.3) is 5.91 Å². The van der Waals surface area contributed by atoms with E-state index in [0.717, 1.165) is 57.7 Å². The van der Waals surface area contributed by atoms with Crippen molar-refractivity contribution in [2.45, 2.75) is 50.7 Å². The van der Waals surface area contributed by atoms with Crippen LogP contribution < -0.4 is 20.3 Å². The molecule has 178 valence electrons. The summed E-state index contributed by atoms with van der Waals surface area (Å²) in [6.45, 7) is 11.3. The first-order valence-corrected chi connectivity index (χ1v) is 12.3. The lowest BCUT2D eigenvalue weighted by molar-refractivity contribution is 0.0888. The molecule has 9 heteroatoms. The molecular weight excluding hydrogens is 452 g/mol. The summed E-state index contributed by atoms with van der Waals surface area (Å²) in [7, 11) is 0. The first-order valence-electron chi connectivity index (χ1n) is 12.0. The molecule has 1 amide bonds. The van der Waals surface area contributed by atoms with Gasteiger partial charge in [-0.25, -0.2) is 14.8 Å². The summed E-state index contributed by atoms with van der Waals surface area (Å²) in [6, 6.07) is 5.24. The van der Waals surface area contributed by atoms with Gasteiger partial charge >= 0.3 is 0 Å². The van der Waals surface area contributed by atoms with Crippen molar-refractivity contribution >= 4 is 29.0 Å². The van der Waals surface area contributed by atoms with E-state index in [1.54, 1.807) is 30.6 Å². The van der Waals surface area contributed by atoms with Crippen molar-refractivity contribution in [1.82, 2.24) is 20.6 Å². The zero-order chi connectivity index (χ0) is 23.5. The van der Waals surface area contributed by atoms with E-state index in [1.165, 1.54) is 12.8 Å². The van der Waals surface area contributed by atoms with Crippen LogP contribution >= 0.6 is 11.6 Å². The zero-order valence-electron chi connectivity index (χ0n) is 19.1. The van der Waals surface area contributed by atoms with Crippen molar-refractivity contribution in [2.24, 2.45) is 5.41 Å². The molecule has 8 nitrogen and oxygen atoms in total. The highest BCUT2D eigenvalue weighted by molar-refractivity contribution is 6.33. The van der Waals surface area contributed by atoms with Gasteiger partial charge in [0.15, 0.2) is 0 Å². The average molecular weight is 481 g/mol. The number of hydrogen-bond donors (Lipinski definition) is 2. The van der Waals surface area contributed by atoms with Crippen molar-refractivity contribution < 1.29 is 9.53 Å². The predicted molar refractivity (Wildman–Crippen MR) is 131 cm³/mol. The van der Waals surface area contributed by atoms with Crippen molar-refractivity contribution in [3.63, 3.8) is 0 Å². The lowest BCUT2D eigenvalue weighted by atomic mass is 9.72. The molecule has 3 fully saturated rings. The molecule has 0 radical (unpaired) electrons. The number of anilines is 1. The molecule has 5 rings (SSSR count). The van der Waals surface area contributed by atoms with Crippen LogP contribution in [0.25, 0.3) is 4.85 Å². The fourth-order valence-electron chi connectivity index (χ4n) is 5.23. The number of carbonyl (C=O) groups is 1. The number of carbonyl (C=O) groups excluding carboxylic acids is 1. The fraction of sp³-hybridized carbons (Fsp3) is 0.520. The van der Waals surface area contributed by atoms with Crippen LogP contribution in [0, 0.1) is 12.0 Å². The molecular formula is C25H29ClN6O2. The van der Waals surface area contributed by atoms with Gasteiger partial charge in [0.1, 0.15) is 17.3 Å². The normalized spacial score (nSPS) is 23.6. The number of rotatable bonds is 5. The molecule has 1 aromatic carbocycles. The Morgan fingerprint density at radius 2 is 1.94 bits per heavy atom. The van der Waals surface area contributed by atoms with Gasteiger partial charge in [-0.05, 0) is 63.7 Å². The molecule has 2 aliphatic heterocycles. The second-order valence-electron chi connectivity index (χ2n) is 9.66. The zero-order valence-corrected chi connectivity index (χ0v) is 19.9. The predicted octanol–water partition coefficient (Wildman–Crippen LogP) is 3.99. The third kappa shape index (κ3) is 4.96. The molecule has 34 heavy (non-hydrogen) atoms. The first-order chi connectivity index (χ1) is 16.5. The number of hydrogen-bond acceptors (Lipinski definition) is 6. The SMILES string of the molecule is [C-]#[N+]c1ccc(OC2CCC(NC(=O)c3cnc(N4CC5(CCNCC5)C4)cn3)CC2)cc1Cl. The number of halogens is 1. The molecule has 3 aliphatic rings. The Balaban J connectivity index is 1.08. The van der Waals surface area contributed by atoms with Crippen LogP contribution in [0.3, 0.4) is 0 Å². The van der Waals surface area contributed by atoms with E-state index in [-0.39, 0.29) is 18.1 Å². The minimum atomic E-state index is -0.177. The topological polar surface area (TPSA) is 83.7 Å². The fourth-order valence-corrected chi connectivity index (χ4v) is 5.44. The van der Waals surface area contributed by atoms with E-state index in [4.69, 9.17) is 22.9 Å². The standard InChI is InChI=1S/C25H29ClN6O2/c1-27-21-7-6-19(12-20(21)26)34-18-4-2-17(3-5-18)31-24(33)22-13-30-23(14-29-22)32-15-25(16-32)8-10-28-11-9-25/h6-7,12-14,17-18,28H,2-5,8-11,15-16H2,(H,31,33). The number of nitrogens with zero attached hydrogens (tertiary/aromatic N) is 4. The molecule has 2 aromatic rings. The van der Waals surface area contributed by atoms with Crippen LogP contribution in [0.2, 0.25) is 5.02 Å². The maximum atomic E-state index is 12.7. The minimum Gasteiger partial charge on any atom is -0.490 e. The van der Waals surface area contributed by atoms with Crippen molar-refractivity contribution in [3.8, 4) is 5.75 Å².